The zero-order chi connectivity index (χ0) is 18.2. The molecular formula is C22H29N2O2+. The lowest BCUT2D eigenvalue weighted by Gasteiger charge is -2.32. The highest BCUT2D eigenvalue weighted by molar-refractivity contribution is 5.75. The number of hydrogen-bond donors (Lipinski definition) is 1. The van der Waals surface area contributed by atoms with E-state index < -0.39 is 0 Å². The number of aromatic nitrogens is 1. The Balaban J connectivity index is 1.49. The van der Waals surface area contributed by atoms with Crippen molar-refractivity contribution in [2.75, 3.05) is 19.7 Å². The van der Waals surface area contributed by atoms with Gasteiger partial charge in [0.2, 0.25) is 0 Å². The molecule has 1 fully saturated rings. The number of likely N-dealkylation sites (tertiary alicyclic amines) is 1. The van der Waals surface area contributed by atoms with Crippen molar-refractivity contribution in [2.24, 2.45) is 0 Å². The van der Waals surface area contributed by atoms with Gasteiger partial charge in [0.1, 0.15) is 30.7 Å². The van der Waals surface area contributed by atoms with E-state index in [4.69, 9.17) is 4.74 Å². The first-order valence-corrected chi connectivity index (χ1v) is 9.68. The molecule has 2 aromatic rings. The lowest BCUT2D eigenvalue weighted by Crippen LogP contribution is -3.13. The summed E-state index contributed by atoms with van der Waals surface area (Å²) in [4.78, 5) is 17.0. The molecule has 138 valence electrons. The lowest BCUT2D eigenvalue weighted by atomic mass is 9.96. The minimum absolute atomic E-state index is 0.234. The predicted octanol–water partition coefficient (Wildman–Crippen LogP) is 2.79. The number of carbonyl (C=O) groups excluding carboxylic acids is 1. The van der Waals surface area contributed by atoms with Crippen molar-refractivity contribution in [1.29, 1.82) is 0 Å². The van der Waals surface area contributed by atoms with Gasteiger partial charge in [0.05, 0.1) is 6.54 Å². The second-order valence-corrected chi connectivity index (χ2v) is 7.19. The Kier molecular flexibility index (Phi) is 6.78. The van der Waals surface area contributed by atoms with Crippen LogP contribution in [0.5, 0.6) is 5.75 Å². The van der Waals surface area contributed by atoms with Gasteiger partial charge in [-0.3, -0.25) is 4.98 Å². The Bertz CT molecular complexity index is 685. The van der Waals surface area contributed by atoms with Gasteiger partial charge in [0, 0.05) is 30.8 Å². The molecule has 1 aliphatic rings. The summed E-state index contributed by atoms with van der Waals surface area (Å²) in [5.41, 5.74) is 2.53. The molecule has 0 bridgehead atoms. The van der Waals surface area contributed by atoms with Crippen LogP contribution < -0.4 is 9.64 Å². The maximum atomic E-state index is 11.1. The fourth-order valence-corrected chi connectivity index (χ4v) is 3.74. The van der Waals surface area contributed by atoms with Crippen molar-refractivity contribution in [1.82, 2.24) is 4.98 Å². The van der Waals surface area contributed by atoms with Crippen LogP contribution >= 0.6 is 0 Å². The number of Topliss-reactive ketones (excluding diaryl/α,β-unsaturated/α-hetero) is 1. The quantitative estimate of drug-likeness (QED) is 0.794. The smallest absolute Gasteiger partial charge is 0.137 e. The molecule has 1 aromatic carbocycles. The molecule has 1 aromatic heterocycles. The highest BCUT2D eigenvalue weighted by atomic mass is 16.5. The van der Waals surface area contributed by atoms with Gasteiger partial charge in [-0.05, 0) is 49.9 Å². The molecule has 1 saturated heterocycles. The van der Waals surface area contributed by atoms with Crippen molar-refractivity contribution in [3.63, 3.8) is 0 Å². The van der Waals surface area contributed by atoms with Gasteiger partial charge >= 0.3 is 0 Å². The molecule has 0 amide bonds. The number of pyridine rings is 1. The zero-order valence-electron chi connectivity index (χ0n) is 15.6. The van der Waals surface area contributed by atoms with E-state index in [1.807, 2.05) is 30.6 Å². The molecule has 2 heterocycles. The first-order chi connectivity index (χ1) is 12.7. The molecule has 0 saturated carbocycles. The number of quaternary nitrogens is 1. The van der Waals surface area contributed by atoms with E-state index in [9.17, 15) is 4.79 Å². The van der Waals surface area contributed by atoms with Gasteiger partial charge < -0.3 is 14.4 Å². The minimum atomic E-state index is 0.234. The molecule has 4 nitrogen and oxygen atoms in total. The number of nitrogens with one attached hydrogen (secondary N) is 1. The number of carbonyl (C=O) groups is 1. The van der Waals surface area contributed by atoms with E-state index in [2.05, 4.69) is 23.2 Å². The SMILES string of the molecule is CC(=O)CCc1ccc(OCC[NH+]2CCCC[C@@H]2c2cccnc2)cc1. The highest BCUT2D eigenvalue weighted by Gasteiger charge is 2.27. The van der Waals surface area contributed by atoms with Gasteiger partial charge in [-0.25, -0.2) is 0 Å². The Hall–Kier alpha value is -2.20. The maximum absolute atomic E-state index is 11.1. The molecule has 1 N–H and O–H groups in total. The number of ketones is 1. The van der Waals surface area contributed by atoms with Gasteiger partial charge in [0.25, 0.3) is 0 Å². The van der Waals surface area contributed by atoms with E-state index in [-0.39, 0.29) is 5.78 Å². The summed E-state index contributed by atoms with van der Waals surface area (Å²) in [6, 6.07) is 12.9. The molecule has 0 spiro atoms. The standard InChI is InChI=1S/C22H28N2O2/c1-18(25)7-8-19-9-11-21(12-10-19)26-16-15-24-14-3-2-6-22(24)20-5-4-13-23-17-20/h4-5,9-13,17,22H,2-3,6-8,14-16H2,1H3/p+1/t22-/m1/s1. The molecule has 4 heteroatoms. The normalized spacial score (nSPS) is 19.9. The molecular weight excluding hydrogens is 324 g/mol. The zero-order valence-corrected chi connectivity index (χ0v) is 15.6. The van der Waals surface area contributed by atoms with Crippen LogP contribution in [-0.4, -0.2) is 30.5 Å². The summed E-state index contributed by atoms with van der Waals surface area (Å²) in [6.45, 7) is 4.57. The Morgan fingerprint density at radius 3 is 2.81 bits per heavy atom. The van der Waals surface area contributed by atoms with Gasteiger partial charge in [-0.1, -0.05) is 18.2 Å². The topological polar surface area (TPSA) is 43.6 Å². The fraction of sp³-hybridized carbons (Fsp3) is 0.455. The third kappa shape index (κ3) is 5.40. The summed E-state index contributed by atoms with van der Waals surface area (Å²) in [7, 11) is 0. The Morgan fingerprint density at radius 2 is 2.08 bits per heavy atom. The monoisotopic (exact) mass is 353 g/mol. The Labute approximate surface area is 156 Å². The summed E-state index contributed by atoms with van der Waals surface area (Å²) in [5, 5.41) is 0. The summed E-state index contributed by atoms with van der Waals surface area (Å²) in [6.07, 6.45) is 9.08. The molecule has 3 rings (SSSR count). The highest BCUT2D eigenvalue weighted by Crippen LogP contribution is 2.18. The fourth-order valence-electron chi connectivity index (χ4n) is 3.74. The van der Waals surface area contributed by atoms with Crippen LogP contribution in [0, 0.1) is 0 Å². The van der Waals surface area contributed by atoms with Crippen LogP contribution in [0.1, 0.15) is 49.8 Å². The summed E-state index contributed by atoms with van der Waals surface area (Å²) in [5.74, 6) is 1.14. The number of aryl methyl sites for hydroxylation is 1. The predicted molar refractivity (Wildman–Crippen MR) is 102 cm³/mol. The number of benzene rings is 1. The molecule has 26 heavy (non-hydrogen) atoms. The van der Waals surface area contributed by atoms with Crippen molar-refractivity contribution in [3.05, 3.63) is 59.9 Å². The molecule has 1 aliphatic heterocycles. The summed E-state index contributed by atoms with van der Waals surface area (Å²) < 4.78 is 5.97. The third-order valence-electron chi connectivity index (χ3n) is 5.20. The second-order valence-electron chi connectivity index (χ2n) is 7.19. The number of rotatable bonds is 8. The number of hydrogen-bond acceptors (Lipinski definition) is 3. The molecule has 2 atom stereocenters. The number of piperidine rings is 1. The first kappa shape index (κ1) is 18.6. The van der Waals surface area contributed by atoms with Crippen molar-refractivity contribution < 1.29 is 14.4 Å². The van der Waals surface area contributed by atoms with Gasteiger partial charge in [-0.15, -0.1) is 0 Å². The van der Waals surface area contributed by atoms with E-state index in [0.717, 1.165) is 25.3 Å². The summed E-state index contributed by atoms with van der Waals surface area (Å²) >= 11 is 0. The van der Waals surface area contributed by atoms with Crippen LogP contribution in [0.3, 0.4) is 0 Å². The van der Waals surface area contributed by atoms with E-state index in [1.165, 1.54) is 36.9 Å². The van der Waals surface area contributed by atoms with Crippen LogP contribution in [0.2, 0.25) is 0 Å². The average molecular weight is 353 g/mol. The van der Waals surface area contributed by atoms with Crippen molar-refractivity contribution in [2.45, 2.75) is 45.1 Å². The van der Waals surface area contributed by atoms with Crippen LogP contribution in [0.15, 0.2) is 48.8 Å². The number of ether oxygens (including phenoxy) is 1. The van der Waals surface area contributed by atoms with Crippen molar-refractivity contribution in [3.8, 4) is 5.75 Å². The van der Waals surface area contributed by atoms with Crippen LogP contribution in [-0.2, 0) is 11.2 Å². The molecule has 0 aliphatic carbocycles. The van der Waals surface area contributed by atoms with Crippen LogP contribution in [0.25, 0.3) is 0 Å². The average Bonchev–Trinajstić information content (AvgIpc) is 2.68. The maximum Gasteiger partial charge on any atom is 0.137 e. The van der Waals surface area contributed by atoms with E-state index in [1.54, 1.807) is 11.8 Å². The van der Waals surface area contributed by atoms with E-state index in [0.29, 0.717) is 12.5 Å². The Morgan fingerprint density at radius 1 is 1.23 bits per heavy atom. The van der Waals surface area contributed by atoms with Gasteiger partial charge in [0.15, 0.2) is 0 Å². The molecule has 1 unspecified atom stereocenters. The van der Waals surface area contributed by atoms with Crippen molar-refractivity contribution >= 4 is 5.78 Å². The third-order valence-corrected chi connectivity index (χ3v) is 5.20. The van der Waals surface area contributed by atoms with E-state index >= 15 is 0 Å². The van der Waals surface area contributed by atoms with Crippen LogP contribution in [0.4, 0.5) is 0 Å². The number of nitrogens with zero attached hydrogens (tertiary/aromatic N) is 1. The van der Waals surface area contributed by atoms with Gasteiger partial charge in [-0.2, -0.15) is 0 Å². The largest absolute Gasteiger partial charge is 0.488 e. The lowest BCUT2D eigenvalue weighted by molar-refractivity contribution is -0.937. The molecule has 0 radical (unpaired) electrons. The minimum Gasteiger partial charge on any atom is -0.488 e. The second kappa shape index (κ2) is 9.48. The first-order valence-electron chi connectivity index (χ1n) is 9.68.